The predicted octanol–water partition coefficient (Wildman–Crippen LogP) is 4.83. The van der Waals surface area contributed by atoms with E-state index in [2.05, 4.69) is 46.3 Å². The van der Waals surface area contributed by atoms with Crippen LogP contribution in [0.25, 0.3) is 0 Å². The van der Waals surface area contributed by atoms with Gasteiger partial charge in [-0.25, -0.2) is 0 Å². The Morgan fingerprint density at radius 3 is 2.25 bits per heavy atom. The smallest absolute Gasteiger partial charge is 0.255 e. The molecule has 0 radical (unpaired) electrons. The van der Waals surface area contributed by atoms with Gasteiger partial charge in [0.2, 0.25) is 0 Å². The van der Waals surface area contributed by atoms with Crippen LogP contribution in [0.1, 0.15) is 53.6 Å². The maximum Gasteiger partial charge on any atom is 0.255 e. The maximum atomic E-state index is 12.7. The highest BCUT2D eigenvalue weighted by Gasteiger charge is 2.15. The minimum atomic E-state index is -0.0402. The molecule has 1 amide bonds. The summed E-state index contributed by atoms with van der Waals surface area (Å²) in [6, 6.07) is 14.4. The lowest BCUT2D eigenvalue weighted by atomic mass is 10.1. The van der Waals surface area contributed by atoms with Gasteiger partial charge in [-0.3, -0.25) is 9.69 Å². The monoisotopic (exact) mass is 377 g/mol. The Hall–Kier alpha value is -2.33. The molecule has 4 nitrogen and oxygen atoms in total. The lowest BCUT2D eigenvalue weighted by Gasteiger charge is -2.26. The molecule has 4 rings (SSSR count). The van der Waals surface area contributed by atoms with Crippen molar-refractivity contribution in [3.63, 3.8) is 0 Å². The number of carbonyl (C=O) groups is 1. The van der Waals surface area contributed by atoms with Gasteiger partial charge in [0.05, 0.1) is 0 Å². The van der Waals surface area contributed by atoms with E-state index < -0.39 is 0 Å². The maximum absolute atomic E-state index is 12.7. The summed E-state index contributed by atoms with van der Waals surface area (Å²) in [5, 5.41) is 3.08. The molecule has 2 aliphatic rings. The van der Waals surface area contributed by atoms with Crippen LogP contribution in [-0.4, -0.2) is 37.0 Å². The number of benzene rings is 2. The fraction of sp³-hybridized carbons (Fsp3) is 0.458. The standard InChI is InChI=1S/C24H31N3O/c1-19-17-22(27-15-5-6-16-27)11-12-23(19)25-24(28)21-9-7-20(8-10-21)18-26-13-3-2-4-14-26/h7-12,17H,2-6,13-16,18H2,1H3,(H,25,28). The van der Waals surface area contributed by atoms with Gasteiger partial charge in [-0.05, 0) is 87.2 Å². The Kier molecular flexibility index (Phi) is 5.96. The third kappa shape index (κ3) is 4.56. The fourth-order valence-electron chi connectivity index (χ4n) is 4.29. The molecule has 2 aliphatic heterocycles. The molecule has 0 atom stereocenters. The van der Waals surface area contributed by atoms with Gasteiger partial charge in [-0.15, -0.1) is 0 Å². The summed E-state index contributed by atoms with van der Waals surface area (Å²) in [5.41, 5.74) is 5.26. The van der Waals surface area contributed by atoms with Gasteiger partial charge in [0, 0.05) is 36.6 Å². The molecule has 1 N–H and O–H groups in total. The number of carbonyl (C=O) groups excluding carboxylic acids is 1. The largest absolute Gasteiger partial charge is 0.372 e. The highest BCUT2D eigenvalue weighted by molar-refractivity contribution is 6.04. The number of nitrogens with one attached hydrogen (secondary N) is 1. The summed E-state index contributed by atoms with van der Waals surface area (Å²) >= 11 is 0. The van der Waals surface area contributed by atoms with E-state index in [1.54, 1.807) is 0 Å². The molecule has 0 aromatic heterocycles. The van der Waals surface area contributed by atoms with Crippen LogP contribution < -0.4 is 10.2 Å². The summed E-state index contributed by atoms with van der Waals surface area (Å²) in [6.07, 6.45) is 6.50. The predicted molar refractivity (Wildman–Crippen MR) is 116 cm³/mol. The summed E-state index contributed by atoms with van der Waals surface area (Å²) in [7, 11) is 0. The quantitative estimate of drug-likeness (QED) is 0.810. The van der Waals surface area contributed by atoms with Gasteiger partial charge in [0.1, 0.15) is 0 Å². The van der Waals surface area contributed by atoms with Crippen LogP contribution in [0.15, 0.2) is 42.5 Å². The lowest BCUT2D eigenvalue weighted by molar-refractivity contribution is 0.102. The molecule has 2 aromatic carbocycles. The van der Waals surface area contributed by atoms with Crippen LogP contribution in [-0.2, 0) is 6.54 Å². The number of hydrogen-bond donors (Lipinski definition) is 1. The van der Waals surface area contributed by atoms with E-state index in [-0.39, 0.29) is 5.91 Å². The van der Waals surface area contributed by atoms with Crippen LogP contribution in [0.2, 0.25) is 0 Å². The summed E-state index contributed by atoms with van der Waals surface area (Å²) in [4.78, 5) is 17.6. The molecule has 148 valence electrons. The van der Waals surface area contributed by atoms with Crippen molar-refractivity contribution in [3.05, 3.63) is 59.2 Å². The first-order valence-electron chi connectivity index (χ1n) is 10.7. The number of nitrogens with zero attached hydrogens (tertiary/aromatic N) is 2. The zero-order valence-corrected chi connectivity index (χ0v) is 16.9. The minimum Gasteiger partial charge on any atom is -0.372 e. The molecule has 2 heterocycles. The normalized spacial score (nSPS) is 17.7. The summed E-state index contributed by atoms with van der Waals surface area (Å²) < 4.78 is 0. The topological polar surface area (TPSA) is 35.6 Å². The van der Waals surface area contributed by atoms with E-state index in [1.807, 2.05) is 18.2 Å². The van der Waals surface area contributed by atoms with Crippen molar-refractivity contribution < 1.29 is 4.79 Å². The number of amides is 1. The van der Waals surface area contributed by atoms with Crippen molar-refractivity contribution in [1.82, 2.24) is 4.90 Å². The average Bonchev–Trinajstić information content (AvgIpc) is 3.26. The van der Waals surface area contributed by atoms with E-state index in [0.29, 0.717) is 5.56 Å². The molecule has 0 unspecified atom stereocenters. The third-order valence-electron chi connectivity index (χ3n) is 6.00. The van der Waals surface area contributed by atoms with Crippen molar-refractivity contribution in [2.75, 3.05) is 36.4 Å². The summed E-state index contributed by atoms with van der Waals surface area (Å²) in [6.45, 7) is 7.70. The van der Waals surface area contributed by atoms with Crippen molar-refractivity contribution in [1.29, 1.82) is 0 Å². The van der Waals surface area contributed by atoms with Crippen molar-refractivity contribution in [2.24, 2.45) is 0 Å². The first kappa shape index (κ1) is 19.0. The Labute approximate surface area is 168 Å². The van der Waals surface area contributed by atoms with E-state index in [9.17, 15) is 4.79 Å². The number of likely N-dealkylation sites (tertiary alicyclic amines) is 1. The molecule has 0 aliphatic carbocycles. The van der Waals surface area contributed by atoms with Gasteiger partial charge < -0.3 is 10.2 Å². The number of aryl methyl sites for hydroxylation is 1. The van der Waals surface area contributed by atoms with Crippen molar-refractivity contribution in [3.8, 4) is 0 Å². The van der Waals surface area contributed by atoms with Gasteiger partial charge in [0.15, 0.2) is 0 Å². The molecule has 2 aromatic rings. The van der Waals surface area contributed by atoms with E-state index in [1.165, 1.54) is 56.4 Å². The van der Waals surface area contributed by atoms with E-state index in [4.69, 9.17) is 0 Å². The molecule has 4 heteroatoms. The molecular weight excluding hydrogens is 346 g/mol. The van der Waals surface area contributed by atoms with E-state index >= 15 is 0 Å². The van der Waals surface area contributed by atoms with Crippen molar-refractivity contribution >= 4 is 17.3 Å². The Morgan fingerprint density at radius 1 is 0.893 bits per heavy atom. The van der Waals surface area contributed by atoms with Crippen molar-refractivity contribution in [2.45, 2.75) is 45.6 Å². The number of piperidine rings is 1. The number of hydrogen-bond acceptors (Lipinski definition) is 3. The van der Waals surface area contributed by atoms with E-state index in [0.717, 1.165) is 30.9 Å². The molecule has 2 fully saturated rings. The second kappa shape index (κ2) is 8.78. The molecule has 0 bridgehead atoms. The second-order valence-corrected chi connectivity index (χ2v) is 8.18. The number of rotatable bonds is 5. The van der Waals surface area contributed by atoms with Crippen LogP contribution in [0.3, 0.4) is 0 Å². The van der Waals surface area contributed by atoms with Crippen LogP contribution >= 0.6 is 0 Å². The Balaban J connectivity index is 1.37. The highest BCUT2D eigenvalue weighted by Crippen LogP contribution is 2.26. The lowest BCUT2D eigenvalue weighted by Crippen LogP contribution is -2.29. The molecule has 0 spiro atoms. The highest BCUT2D eigenvalue weighted by atomic mass is 16.1. The molecule has 28 heavy (non-hydrogen) atoms. The summed E-state index contributed by atoms with van der Waals surface area (Å²) in [5.74, 6) is -0.0402. The minimum absolute atomic E-state index is 0.0402. The van der Waals surface area contributed by atoms with Gasteiger partial charge in [0.25, 0.3) is 5.91 Å². The van der Waals surface area contributed by atoms with Crippen LogP contribution in [0, 0.1) is 6.92 Å². The average molecular weight is 378 g/mol. The van der Waals surface area contributed by atoms with Gasteiger partial charge >= 0.3 is 0 Å². The molecule has 0 saturated carbocycles. The fourth-order valence-corrected chi connectivity index (χ4v) is 4.29. The first-order chi connectivity index (χ1) is 13.7. The first-order valence-corrected chi connectivity index (χ1v) is 10.7. The Morgan fingerprint density at radius 2 is 1.57 bits per heavy atom. The van der Waals surface area contributed by atoms with Gasteiger partial charge in [-0.1, -0.05) is 18.6 Å². The molecule has 2 saturated heterocycles. The van der Waals surface area contributed by atoms with Crippen LogP contribution in [0.4, 0.5) is 11.4 Å². The zero-order valence-electron chi connectivity index (χ0n) is 16.9. The third-order valence-corrected chi connectivity index (χ3v) is 6.00. The van der Waals surface area contributed by atoms with Crippen LogP contribution in [0.5, 0.6) is 0 Å². The zero-order chi connectivity index (χ0) is 19.3. The molecular formula is C24H31N3O. The Bertz CT molecular complexity index is 803. The SMILES string of the molecule is Cc1cc(N2CCCC2)ccc1NC(=O)c1ccc(CN2CCCCC2)cc1. The second-order valence-electron chi connectivity index (χ2n) is 8.18. The number of anilines is 2. The van der Waals surface area contributed by atoms with Gasteiger partial charge in [-0.2, -0.15) is 0 Å².